The summed E-state index contributed by atoms with van der Waals surface area (Å²) in [5, 5.41) is 11.0. The standard InChI is InChI=1S/C9H9BrF4N2O/c10-8-2-1-5(11)6(16-8)3-15-4-7(17)9(12,13)14/h1-2,7,15,17H,3-4H2/t7-/m1/s1. The van der Waals surface area contributed by atoms with Gasteiger partial charge in [0.2, 0.25) is 0 Å². The number of aliphatic hydroxyl groups excluding tert-OH is 1. The second kappa shape index (κ2) is 5.74. The molecule has 0 saturated heterocycles. The number of rotatable bonds is 4. The lowest BCUT2D eigenvalue weighted by Crippen LogP contribution is -2.38. The third kappa shape index (κ3) is 4.57. The van der Waals surface area contributed by atoms with Crippen molar-refractivity contribution in [1.29, 1.82) is 0 Å². The summed E-state index contributed by atoms with van der Waals surface area (Å²) in [4.78, 5) is 3.75. The molecule has 0 radical (unpaired) electrons. The number of aliphatic hydroxyl groups is 1. The molecular formula is C9H9BrF4N2O. The maximum absolute atomic E-state index is 13.1. The zero-order chi connectivity index (χ0) is 13.1. The summed E-state index contributed by atoms with van der Waals surface area (Å²) >= 11 is 3.01. The first-order chi connectivity index (χ1) is 7.80. The maximum atomic E-state index is 13.1. The van der Waals surface area contributed by atoms with Crippen LogP contribution in [0.2, 0.25) is 0 Å². The topological polar surface area (TPSA) is 45.1 Å². The van der Waals surface area contributed by atoms with Crippen LogP contribution in [0.5, 0.6) is 0 Å². The highest BCUT2D eigenvalue weighted by molar-refractivity contribution is 9.10. The molecule has 0 spiro atoms. The molecular weight excluding hydrogens is 308 g/mol. The van der Waals surface area contributed by atoms with Gasteiger partial charge in [0.05, 0.1) is 5.69 Å². The van der Waals surface area contributed by atoms with Gasteiger partial charge in [-0.15, -0.1) is 0 Å². The molecule has 1 aromatic heterocycles. The van der Waals surface area contributed by atoms with E-state index in [4.69, 9.17) is 5.11 Å². The van der Waals surface area contributed by atoms with Crippen molar-refractivity contribution >= 4 is 15.9 Å². The first-order valence-corrected chi connectivity index (χ1v) is 5.36. The third-order valence-electron chi connectivity index (χ3n) is 1.89. The molecule has 1 rings (SSSR count). The Morgan fingerprint density at radius 2 is 2.06 bits per heavy atom. The molecule has 0 bridgehead atoms. The molecule has 0 saturated carbocycles. The Bertz CT molecular complexity index is 386. The summed E-state index contributed by atoms with van der Waals surface area (Å²) in [5.41, 5.74) is -0.0197. The van der Waals surface area contributed by atoms with Gasteiger partial charge in [-0.2, -0.15) is 13.2 Å². The lowest BCUT2D eigenvalue weighted by molar-refractivity contribution is -0.201. The van der Waals surface area contributed by atoms with Crippen molar-refractivity contribution in [2.75, 3.05) is 6.54 Å². The van der Waals surface area contributed by atoms with Crippen LogP contribution in [0.25, 0.3) is 0 Å². The van der Waals surface area contributed by atoms with Gasteiger partial charge in [0.25, 0.3) is 0 Å². The van der Waals surface area contributed by atoms with Gasteiger partial charge in [0, 0.05) is 13.1 Å². The molecule has 1 heterocycles. The Kier molecular flexibility index (Phi) is 4.84. The number of alkyl halides is 3. The number of nitrogens with zero attached hydrogens (tertiary/aromatic N) is 1. The third-order valence-corrected chi connectivity index (χ3v) is 2.33. The van der Waals surface area contributed by atoms with E-state index in [1.54, 1.807) is 0 Å². The van der Waals surface area contributed by atoms with Crippen molar-refractivity contribution < 1.29 is 22.7 Å². The number of hydrogen-bond acceptors (Lipinski definition) is 3. The Hall–Kier alpha value is -0.730. The van der Waals surface area contributed by atoms with Crippen LogP contribution < -0.4 is 5.32 Å². The first kappa shape index (κ1) is 14.3. The normalized spacial score (nSPS) is 13.8. The molecule has 0 aliphatic heterocycles. The Balaban J connectivity index is 2.49. The summed E-state index contributed by atoms with van der Waals surface area (Å²) in [5.74, 6) is -0.623. The van der Waals surface area contributed by atoms with E-state index in [1.807, 2.05) is 0 Å². The number of pyridine rings is 1. The molecule has 0 aliphatic rings. The maximum Gasteiger partial charge on any atom is 0.415 e. The SMILES string of the molecule is O[C@H](CNCc1nc(Br)ccc1F)C(F)(F)F. The Morgan fingerprint density at radius 1 is 1.41 bits per heavy atom. The van der Waals surface area contributed by atoms with Crippen molar-refractivity contribution in [3.05, 3.63) is 28.2 Å². The van der Waals surface area contributed by atoms with E-state index in [0.717, 1.165) is 6.07 Å². The zero-order valence-corrected chi connectivity index (χ0v) is 10.0. The van der Waals surface area contributed by atoms with Gasteiger partial charge in [-0.25, -0.2) is 9.37 Å². The van der Waals surface area contributed by atoms with Crippen LogP contribution >= 0.6 is 15.9 Å². The predicted molar refractivity (Wildman–Crippen MR) is 55.7 cm³/mol. The largest absolute Gasteiger partial charge is 0.415 e. The van der Waals surface area contributed by atoms with E-state index in [-0.39, 0.29) is 12.2 Å². The van der Waals surface area contributed by atoms with Crippen LogP contribution in [0.4, 0.5) is 17.6 Å². The molecule has 1 aromatic rings. The van der Waals surface area contributed by atoms with Gasteiger partial charge in [0.1, 0.15) is 10.4 Å². The van der Waals surface area contributed by atoms with Crippen molar-refractivity contribution in [3.63, 3.8) is 0 Å². The van der Waals surface area contributed by atoms with E-state index in [9.17, 15) is 17.6 Å². The fourth-order valence-electron chi connectivity index (χ4n) is 1.02. The summed E-state index contributed by atoms with van der Waals surface area (Å²) < 4.78 is 49.3. The van der Waals surface area contributed by atoms with E-state index in [2.05, 4.69) is 26.2 Å². The smallest absolute Gasteiger partial charge is 0.382 e. The summed E-state index contributed by atoms with van der Waals surface area (Å²) in [6, 6.07) is 2.53. The molecule has 0 unspecified atom stereocenters. The quantitative estimate of drug-likeness (QED) is 0.659. The minimum atomic E-state index is -4.68. The van der Waals surface area contributed by atoms with Gasteiger partial charge in [-0.3, -0.25) is 0 Å². The van der Waals surface area contributed by atoms with Crippen molar-refractivity contribution in [1.82, 2.24) is 10.3 Å². The molecule has 17 heavy (non-hydrogen) atoms. The highest BCUT2D eigenvalue weighted by Crippen LogP contribution is 2.19. The second-order valence-electron chi connectivity index (χ2n) is 3.25. The Labute approximate surface area is 103 Å². The Morgan fingerprint density at radius 3 is 2.65 bits per heavy atom. The van der Waals surface area contributed by atoms with Crippen molar-refractivity contribution in [2.24, 2.45) is 0 Å². The molecule has 3 nitrogen and oxygen atoms in total. The van der Waals surface area contributed by atoms with E-state index in [0.29, 0.717) is 4.60 Å². The molecule has 0 aliphatic carbocycles. The van der Waals surface area contributed by atoms with Gasteiger partial charge < -0.3 is 10.4 Å². The minimum absolute atomic E-state index is 0.0197. The molecule has 0 amide bonds. The lowest BCUT2D eigenvalue weighted by atomic mass is 10.3. The fraction of sp³-hybridized carbons (Fsp3) is 0.444. The summed E-state index contributed by atoms with van der Waals surface area (Å²) in [7, 11) is 0. The van der Waals surface area contributed by atoms with Crippen molar-refractivity contribution in [2.45, 2.75) is 18.8 Å². The minimum Gasteiger partial charge on any atom is -0.382 e. The fourth-order valence-corrected chi connectivity index (χ4v) is 1.37. The van der Waals surface area contributed by atoms with Gasteiger partial charge >= 0.3 is 6.18 Å². The molecule has 1 atom stereocenters. The number of nitrogens with one attached hydrogen (secondary N) is 1. The summed E-state index contributed by atoms with van der Waals surface area (Å²) in [6.07, 6.45) is -7.16. The number of halogens is 5. The zero-order valence-electron chi connectivity index (χ0n) is 8.43. The predicted octanol–water partition coefficient (Wildman–Crippen LogP) is 2.00. The molecule has 0 fully saturated rings. The number of hydrogen-bond donors (Lipinski definition) is 2. The van der Waals surface area contributed by atoms with E-state index < -0.39 is 24.6 Å². The monoisotopic (exact) mass is 316 g/mol. The average molecular weight is 317 g/mol. The van der Waals surface area contributed by atoms with Crippen molar-refractivity contribution in [3.8, 4) is 0 Å². The number of aromatic nitrogens is 1. The van der Waals surface area contributed by atoms with Crippen LogP contribution in [-0.2, 0) is 6.54 Å². The second-order valence-corrected chi connectivity index (χ2v) is 4.06. The van der Waals surface area contributed by atoms with E-state index in [1.165, 1.54) is 6.07 Å². The highest BCUT2D eigenvalue weighted by Gasteiger charge is 2.37. The molecule has 2 N–H and O–H groups in total. The van der Waals surface area contributed by atoms with Crippen LogP contribution in [-0.4, -0.2) is 28.9 Å². The van der Waals surface area contributed by atoms with Crippen LogP contribution in [0.3, 0.4) is 0 Å². The highest BCUT2D eigenvalue weighted by atomic mass is 79.9. The van der Waals surface area contributed by atoms with Crippen LogP contribution in [0, 0.1) is 5.82 Å². The van der Waals surface area contributed by atoms with Gasteiger partial charge in [0.15, 0.2) is 6.10 Å². The first-order valence-electron chi connectivity index (χ1n) is 4.57. The molecule has 8 heteroatoms. The van der Waals surface area contributed by atoms with Crippen LogP contribution in [0.15, 0.2) is 16.7 Å². The summed E-state index contributed by atoms with van der Waals surface area (Å²) in [6.45, 7) is -0.907. The average Bonchev–Trinajstić information content (AvgIpc) is 2.21. The molecule has 0 aromatic carbocycles. The van der Waals surface area contributed by atoms with Crippen LogP contribution in [0.1, 0.15) is 5.69 Å². The van der Waals surface area contributed by atoms with Gasteiger partial charge in [-0.05, 0) is 28.1 Å². The lowest BCUT2D eigenvalue weighted by Gasteiger charge is -2.14. The van der Waals surface area contributed by atoms with Gasteiger partial charge in [-0.1, -0.05) is 0 Å². The van der Waals surface area contributed by atoms with E-state index >= 15 is 0 Å². The molecule has 96 valence electrons.